The molecule has 0 atom stereocenters. The minimum absolute atomic E-state index is 0. The summed E-state index contributed by atoms with van der Waals surface area (Å²) in [6.45, 7) is 0.478. The maximum atomic E-state index is 12.5. The van der Waals surface area contributed by atoms with Crippen molar-refractivity contribution in [1.82, 2.24) is 24.9 Å². The molecule has 27 nitrogen and oxygen atoms in total. The molecule has 2 aromatic heterocycles. The molecule has 4 rings (SSSR count). The van der Waals surface area contributed by atoms with Crippen LogP contribution in [0.25, 0.3) is 12.2 Å². The van der Waals surface area contributed by atoms with Gasteiger partial charge in [-0.2, -0.15) is 33.6 Å². The molecule has 4 aromatic rings. The number of nitrogens with one attached hydrogen (secondary N) is 5. The average molecular weight is 1070 g/mol. The summed E-state index contributed by atoms with van der Waals surface area (Å²) in [6, 6.07) is 9.94. The molecular formula is C33H39N11Na4O16S4. The third kappa shape index (κ3) is 26.7. The zero-order valence-electron chi connectivity index (χ0n) is 37.0. The monoisotopic (exact) mass is 1070 g/mol. The van der Waals surface area contributed by atoms with Crippen LogP contribution in [0.5, 0.6) is 0 Å². The molecule has 0 radical (unpaired) electrons. The van der Waals surface area contributed by atoms with E-state index < -0.39 is 30.9 Å². The molecule has 68 heavy (non-hydrogen) atoms. The van der Waals surface area contributed by atoms with Gasteiger partial charge in [0.25, 0.3) is 5.95 Å². The van der Waals surface area contributed by atoms with E-state index in [1.54, 1.807) is 12.1 Å². The molecule has 0 aliphatic rings. The molecule has 35 heteroatoms. The number of anilines is 7. The summed E-state index contributed by atoms with van der Waals surface area (Å²) in [5, 5.41) is 59.9. The quantitative estimate of drug-likeness (QED) is 0.00360. The van der Waals surface area contributed by atoms with Gasteiger partial charge in [0.15, 0.2) is 0 Å². The first-order chi connectivity index (χ1) is 30.8. The Kier molecular flexibility index (Phi) is 36.4. The number of hydrogen-bond acceptors (Lipinski definition) is 29. The average Bonchev–Trinajstić information content (AvgIpc) is 3.24. The van der Waals surface area contributed by atoms with E-state index in [0.717, 1.165) is 6.07 Å². The van der Waals surface area contributed by atoms with E-state index in [4.69, 9.17) is 19.7 Å². The van der Waals surface area contributed by atoms with Crippen LogP contribution in [0.3, 0.4) is 0 Å². The van der Waals surface area contributed by atoms with Crippen molar-refractivity contribution in [2.75, 3.05) is 97.4 Å². The molecule has 0 spiro atoms. The predicted molar refractivity (Wildman–Crippen MR) is 225 cm³/mol. The summed E-state index contributed by atoms with van der Waals surface area (Å²) in [5.41, 5.74) is 0.795. The van der Waals surface area contributed by atoms with Gasteiger partial charge in [0.1, 0.15) is 21.8 Å². The molecule has 2 heterocycles. The summed E-state index contributed by atoms with van der Waals surface area (Å²) in [6.07, 6.45) is 4.09. The van der Waals surface area contributed by atoms with Crippen LogP contribution in [-0.2, 0) is 48.5 Å². The fourth-order valence-electron chi connectivity index (χ4n) is 4.84. The molecule has 0 fully saturated rings. The van der Waals surface area contributed by atoms with Crippen molar-refractivity contribution >= 4 is 109 Å². The van der Waals surface area contributed by atoms with Crippen LogP contribution in [-0.4, -0.2) is 138 Å². The Hall–Kier alpha value is -0.940. The van der Waals surface area contributed by atoms with Gasteiger partial charge in [-0.15, -0.1) is 0 Å². The Morgan fingerprint density at radius 3 is 1.87 bits per heavy atom. The number of aliphatic hydroxyl groups is 2. The molecule has 0 aliphatic carbocycles. The minimum atomic E-state index is -5.10. The molecule has 2 aromatic carbocycles. The largest absolute Gasteiger partial charge is 1.00 e. The van der Waals surface area contributed by atoms with E-state index >= 15 is 0 Å². The Bertz CT molecular complexity index is 2390. The van der Waals surface area contributed by atoms with Crippen LogP contribution in [0.15, 0.2) is 57.2 Å². The van der Waals surface area contributed by atoms with Gasteiger partial charge in [0.05, 0.1) is 78.2 Å². The first-order valence-corrected chi connectivity index (χ1v) is 22.8. The van der Waals surface area contributed by atoms with Crippen LogP contribution < -0.4 is 155 Å². The minimum Gasteiger partial charge on any atom is -0.748 e. The van der Waals surface area contributed by atoms with E-state index in [0.29, 0.717) is 35.3 Å². The SMILES string of the molecule is O=S(=O)([O-])CCNc1cc(Nc2ccc(C=Cc3ccc(Nc4nc(/N=C\CSOO[O-])nc(NCCOCCO)n4)cc3S(=O)(=O)[O-])c(SOO[O-])c2)nc(NCCOCCO)n1.[Na+].[Na+].[Na+].[Na+]. The van der Waals surface area contributed by atoms with Crippen LogP contribution >= 0.6 is 24.1 Å². The van der Waals surface area contributed by atoms with Gasteiger partial charge in [-0.25, -0.2) is 21.8 Å². The van der Waals surface area contributed by atoms with Crippen LogP contribution in [0.2, 0.25) is 0 Å². The fraction of sp³-hybridized carbons (Fsp3) is 0.333. The standard InChI is InChI=1S/C33H43N11O16S4.4Na/c45-11-15-55-13-7-35-30-40-28(34-10-18-63(49,50)51)21-29(41-30)38-24-5-3-22(26(19-24)62-60-58-48)1-2-23-4-6-25(20-27(23)64(52,53)54)39-33-43-31(36-8-14-56-16-12-46)42-32(44-33)37-9-17-61-59-57-47;;;;/h1-6,9,19-21,45-48H,7-8,10-18H2,(H,49,50,51)(H,52,53,54)(H3,34,35,38,40,41)(H2,36,39,42,43,44);;;;/q;4*+1/p-4/b2-1?,37-9-;;;;. The van der Waals surface area contributed by atoms with Gasteiger partial charge >= 0.3 is 118 Å². The Morgan fingerprint density at radius 1 is 0.662 bits per heavy atom. The van der Waals surface area contributed by atoms with E-state index in [-0.39, 0.29) is 235 Å². The summed E-state index contributed by atoms with van der Waals surface area (Å²) >= 11 is 1.15. The molecule has 0 saturated heterocycles. The summed E-state index contributed by atoms with van der Waals surface area (Å²) in [5.74, 6) is -0.392. The van der Waals surface area contributed by atoms with Crippen molar-refractivity contribution in [2.24, 2.45) is 4.99 Å². The molecule has 0 bridgehead atoms. The van der Waals surface area contributed by atoms with Crippen molar-refractivity contribution in [3.63, 3.8) is 0 Å². The Morgan fingerprint density at radius 2 is 1.25 bits per heavy atom. The first kappa shape index (κ1) is 67.1. The Labute approximate surface area is 487 Å². The number of ether oxygens (including phenoxy) is 2. The van der Waals surface area contributed by atoms with Crippen molar-refractivity contribution in [3.8, 4) is 0 Å². The van der Waals surface area contributed by atoms with Crippen LogP contribution in [0, 0.1) is 0 Å². The number of aliphatic imine (C=N–C) groups is 1. The topological polar surface area (TPSA) is 393 Å². The van der Waals surface area contributed by atoms with E-state index in [1.807, 2.05) is 0 Å². The fourth-order valence-corrected chi connectivity index (χ4v) is 6.62. The van der Waals surface area contributed by atoms with Gasteiger partial charge in [0.2, 0.25) is 17.8 Å². The number of aliphatic hydroxyl groups excluding tert-OH is 2. The zero-order valence-corrected chi connectivity index (χ0v) is 48.2. The van der Waals surface area contributed by atoms with Gasteiger partial charge in [0, 0.05) is 60.2 Å². The second-order valence-electron chi connectivity index (χ2n) is 12.0. The molecule has 0 saturated carbocycles. The molecule has 350 valence electrons. The van der Waals surface area contributed by atoms with E-state index in [2.05, 4.69) is 75.2 Å². The molecule has 0 unspecified atom stereocenters. The van der Waals surface area contributed by atoms with Crippen molar-refractivity contribution in [2.45, 2.75) is 9.79 Å². The number of rotatable bonds is 31. The van der Waals surface area contributed by atoms with E-state index in [9.17, 15) is 36.5 Å². The maximum absolute atomic E-state index is 12.5. The summed E-state index contributed by atoms with van der Waals surface area (Å²) in [4.78, 5) is 25.0. The summed E-state index contributed by atoms with van der Waals surface area (Å²) < 4.78 is 90.2. The van der Waals surface area contributed by atoms with Crippen molar-refractivity contribution in [1.29, 1.82) is 0 Å². The van der Waals surface area contributed by atoms with Gasteiger partial charge in [-0.1, -0.05) is 24.3 Å². The third-order valence-corrected chi connectivity index (χ3v) is 10.1. The zero-order chi connectivity index (χ0) is 46.2. The van der Waals surface area contributed by atoms with Crippen LogP contribution in [0.1, 0.15) is 11.1 Å². The van der Waals surface area contributed by atoms with Gasteiger partial charge in [-0.05, 0) is 35.4 Å². The normalized spacial score (nSPS) is 11.3. The Balaban J connectivity index is 0.0000112. The van der Waals surface area contributed by atoms with Gasteiger partial charge in [-0.3, -0.25) is 10.1 Å². The third-order valence-electron chi connectivity index (χ3n) is 7.38. The molecule has 0 aliphatic heterocycles. The maximum Gasteiger partial charge on any atom is 1.00 e. The van der Waals surface area contributed by atoms with E-state index in [1.165, 1.54) is 42.6 Å². The number of benzene rings is 2. The number of hydrogen-bond donors (Lipinski definition) is 7. The number of aromatic nitrogens is 5. The molecular weight excluding hydrogens is 1030 g/mol. The second-order valence-corrected chi connectivity index (χ2v) is 16.3. The van der Waals surface area contributed by atoms with Crippen molar-refractivity contribution < 1.29 is 193 Å². The molecule has 7 N–H and O–H groups in total. The first-order valence-electron chi connectivity index (χ1n) is 18.2. The van der Waals surface area contributed by atoms with Crippen LogP contribution in [0.4, 0.5) is 46.8 Å². The van der Waals surface area contributed by atoms with Crippen molar-refractivity contribution in [3.05, 3.63) is 53.6 Å². The smallest absolute Gasteiger partial charge is 0.748 e. The summed E-state index contributed by atoms with van der Waals surface area (Å²) in [7, 11) is -9.62. The van der Waals surface area contributed by atoms with Gasteiger partial charge < -0.3 is 65.9 Å². The number of nitrogens with zero attached hydrogens (tertiary/aromatic N) is 6. The second kappa shape index (κ2) is 36.9. The predicted octanol–water partition coefficient (Wildman–Crippen LogP) is -12.2. The molecule has 0 amide bonds.